The average molecular weight is 553 g/mol. The van der Waals surface area contributed by atoms with Gasteiger partial charge in [-0.3, -0.25) is 4.79 Å². The van der Waals surface area contributed by atoms with Gasteiger partial charge in [0.1, 0.15) is 22.9 Å². The fourth-order valence-electron chi connectivity index (χ4n) is 5.30. The first-order valence-electron chi connectivity index (χ1n) is 13.6. The van der Waals surface area contributed by atoms with Crippen molar-refractivity contribution in [2.75, 3.05) is 19.8 Å². The number of pyridine rings is 1. The van der Waals surface area contributed by atoms with Crippen molar-refractivity contribution in [2.45, 2.75) is 71.3 Å². The highest BCUT2D eigenvalue weighted by Gasteiger charge is 2.40. The molecule has 0 bridgehead atoms. The van der Waals surface area contributed by atoms with Crippen LogP contribution in [0.25, 0.3) is 11.3 Å². The number of ether oxygens (including phenoxy) is 1. The molecule has 1 aliphatic rings. The number of aromatic nitrogens is 3. The molecule has 4 rings (SSSR count). The van der Waals surface area contributed by atoms with Gasteiger partial charge < -0.3 is 15.2 Å². The van der Waals surface area contributed by atoms with E-state index in [1.165, 1.54) is 18.2 Å². The highest BCUT2D eigenvalue weighted by Crippen LogP contribution is 2.44. The summed E-state index contributed by atoms with van der Waals surface area (Å²) in [5, 5.41) is 22.0. The number of hydrogen-bond donors (Lipinski definition) is 2. The van der Waals surface area contributed by atoms with Crippen LogP contribution in [-0.4, -0.2) is 51.6 Å². The van der Waals surface area contributed by atoms with Crippen molar-refractivity contribution >= 4 is 5.91 Å². The Labute approximate surface area is 234 Å². The van der Waals surface area contributed by atoms with Crippen LogP contribution in [-0.2, 0) is 10.2 Å². The van der Waals surface area contributed by atoms with E-state index in [0.29, 0.717) is 17.8 Å². The zero-order valence-electron chi connectivity index (χ0n) is 24.0. The number of nitrogens with zero attached hydrogens (tertiary/aromatic N) is 3. The van der Waals surface area contributed by atoms with E-state index in [1.54, 1.807) is 18.2 Å². The fraction of sp³-hybridized carbons (Fsp3) is 0.484. The molecular formula is C31H38F2N4O3. The lowest BCUT2D eigenvalue weighted by Gasteiger charge is -2.37. The van der Waals surface area contributed by atoms with Crippen molar-refractivity contribution in [1.29, 1.82) is 0 Å². The van der Waals surface area contributed by atoms with Gasteiger partial charge in [0.25, 0.3) is 5.91 Å². The molecular weight excluding hydrogens is 514 g/mol. The lowest BCUT2D eigenvalue weighted by molar-refractivity contribution is -0.173. The Morgan fingerprint density at radius 3 is 2.33 bits per heavy atom. The molecule has 0 spiro atoms. The van der Waals surface area contributed by atoms with Crippen LogP contribution in [0.2, 0.25) is 0 Å². The molecule has 9 heteroatoms. The zero-order chi connectivity index (χ0) is 29.3. The van der Waals surface area contributed by atoms with Crippen LogP contribution in [0.4, 0.5) is 8.78 Å². The topological polar surface area (TPSA) is 97.2 Å². The lowest BCUT2D eigenvalue weighted by Crippen LogP contribution is -2.57. The zero-order valence-corrected chi connectivity index (χ0v) is 24.0. The Morgan fingerprint density at radius 1 is 1.10 bits per heavy atom. The fourth-order valence-corrected chi connectivity index (χ4v) is 5.30. The third-order valence-corrected chi connectivity index (χ3v) is 7.46. The quantitative estimate of drug-likeness (QED) is 0.361. The highest BCUT2D eigenvalue weighted by atomic mass is 19.1. The number of hydrogen-bond acceptors (Lipinski definition) is 6. The minimum absolute atomic E-state index is 0.00954. The molecule has 3 aromatic rings. The Kier molecular flexibility index (Phi) is 8.38. The molecule has 1 amide bonds. The van der Waals surface area contributed by atoms with Crippen LogP contribution in [0.5, 0.6) is 0 Å². The number of carbonyl (C=O) groups is 1. The molecule has 1 aromatic carbocycles. The second kappa shape index (κ2) is 11.3. The predicted molar refractivity (Wildman–Crippen MR) is 149 cm³/mol. The van der Waals surface area contributed by atoms with Crippen LogP contribution in [0.1, 0.15) is 87.7 Å². The van der Waals surface area contributed by atoms with E-state index in [9.17, 15) is 18.7 Å². The molecule has 2 N–H and O–H groups in total. The van der Waals surface area contributed by atoms with Crippen molar-refractivity contribution in [3.63, 3.8) is 0 Å². The van der Waals surface area contributed by atoms with E-state index in [-0.39, 0.29) is 48.0 Å². The van der Waals surface area contributed by atoms with Gasteiger partial charge in [-0.15, -0.1) is 5.10 Å². The summed E-state index contributed by atoms with van der Waals surface area (Å²) in [6.07, 6.45) is 1.38. The number of carbonyl (C=O) groups excluding carboxylic acids is 1. The van der Waals surface area contributed by atoms with Gasteiger partial charge in [0.2, 0.25) is 0 Å². The van der Waals surface area contributed by atoms with Crippen molar-refractivity contribution in [1.82, 2.24) is 20.5 Å². The van der Waals surface area contributed by atoms with Gasteiger partial charge in [0.05, 0.1) is 47.8 Å². The SMILES string of the molecule is CC[C@H](C)c1cc(-c2c(F)cccc2F)nnc1[C@@](C)(CC(C)(C)C)c1cccc(C(=O)NCC2(O)COC2)n1. The van der Waals surface area contributed by atoms with Gasteiger partial charge in [-0.25, -0.2) is 13.8 Å². The lowest BCUT2D eigenvalue weighted by atomic mass is 9.68. The summed E-state index contributed by atoms with van der Waals surface area (Å²) < 4.78 is 34.4. The van der Waals surface area contributed by atoms with Crippen LogP contribution in [0.3, 0.4) is 0 Å². The minimum atomic E-state index is -1.06. The molecule has 40 heavy (non-hydrogen) atoms. The Morgan fingerprint density at radius 2 is 1.75 bits per heavy atom. The molecule has 1 aliphatic heterocycles. The maximum atomic E-state index is 14.7. The summed E-state index contributed by atoms with van der Waals surface area (Å²) in [5.41, 5.74) is 0.224. The van der Waals surface area contributed by atoms with Gasteiger partial charge >= 0.3 is 0 Å². The summed E-state index contributed by atoms with van der Waals surface area (Å²) in [7, 11) is 0. The van der Waals surface area contributed by atoms with E-state index >= 15 is 0 Å². The van der Waals surface area contributed by atoms with E-state index in [0.717, 1.165) is 12.0 Å². The average Bonchev–Trinajstić information content (AvgIpc) is 2.89. The summed E-state index contributed by atoms with van der Waals surface area (Å²) in [6.45, 7) is 12.9. The monoisotopic (exact) mass is 552 g/mol. The molecule has 0 radical (unpaired) electrons. The number of amides is 1. The van der Waals surface area contributed by atoms with Gasteiger partial charge in [-0.05, 0) is 67.0 Å². The molecule has 1 saturated heterocycles. The molecule has 1 fully saturated rings. The van der Waals surface area contributed by atoms with Crippen molar-refractivity contribution < 1.29 is 23.4 Å². The predicted octanol–water partition coefficient (Wildman–Crippen LogP) is 5.56. The van der Waals surface area contributed by atoms with Gasteiger partial charge in [-0.2, -0.15) is 5.10 Å². The number of halogens is 2. The van der Waals surface area contributed by atoms with E-state index < -0.39 is 28.6 Å². The largest absolute Gasteiger partial charge is 0.383 e. The summed E-state index contributed by atoms with van der Waals surface area (Å²) in [5.74, 6) is -1.80. The van der Waals surface area contributed by atoms with Crippen LogP contribution >= 0.6 is 0 Å². The summed E-state index contributed by atoms with van der Waals surface area (Å²) >= 11 is 0. The first kappa shape index (κ1) is 29.7. The molecule has 3 heterocycles. The maximum Gasteiger partial charge on any atom is 0.269 e. The number of rotatable bonds is 9. The summed E-state index contributed by atoms with van der Waals surface area (Å²) in [6, 6.07) is 10.7. The molecule has 0 unspecified atom stereocenters. The van der Waals surface area contributed by atoms with E-state index in [2.05, 4.69) is 36.3 Å². The van der Waals surface area contributed by atoms with Crippen molar-refractivity contribution in [2.24, 2.45) is 5.41 Å². The standard InChI is InChI=1S/C31H38F2N4O3/c1-7-19(2)20-14-24(26-21(32)10-8-11-22(26)33)36-37-27(20)30(6,15-29(3,4)5)25-13-9-12-23(35-25)28(38)34-16-31(39)17-40-18-31/h8-14,19,39H,7,15-18H2,1-6H3,(H,34,38)/t19-,30-/m0/s1. The normalized spacial score (nSPS) is 17.0. The number of nitrogens with one attached hydrogen (secondary N) is 1. The van der Waals surface area contributed by atoms with Gasteiger partial charge in [-0.1, -0.05) is 46.8 Å². The second-order valence-corrected chi connectivity index (χ2v) is 12.3. The minimum Gasteiger partial charge on any atom is -0.383 e. The highest BCUT2D eigenvalue weighted by molar-refractivity contribution is 5.92. The van der Waals surface area contributed by atoms with Crippen LogP contribution in [0.15, 0.2) is 42.5 Å². The molecule has 0 aliphatic carbocycles. The third-order valence-electron chi connectivity index (χ3n) is 7.46. The van der Waals surface area contributed by atoms with Crippen molar-refractivity contribution in [3.05, 3.63) is 76.7 Å². The van der Waals surface area contributed by atoms with Crippen LogP contribution in [0, 0.1) is 17.0 Å². The van der Waals surface area contributed by atoms with Crippen molar-refractivity contribution in [3.8, 4) is 11.3 Å². The molecule has 2 aromatic heterocycles. The molecule has 0 saturated carbocycles. The Balaban J connectivity index is 1.82. The smallest absolute Gasteiger partial charge is 0.269 e. The maximum absolute atomic E-state index is 14.7. The first-order valence-corrected chi connectivity index (χ1v) is 13.6. The Hall–Kier alpha value is -3.30. The molecule has 7 nitrogen and oxygen atoms in total. The molecule has 2 atom stereocenters. The summed E-state index contributed by atoms with van der Waals surface area (Å²) in [4.78, 5) is 17.8. The Bertz CT molecular complexity index is 1370. The van der Waals surface area contributed by atoms with Crippen LogP contribution < -0.4 is 5.32 Å². The third kappa shape index (κ3) is 6.20. The van der Waals surface area contributed by atoms with E-state index in [4.69, 9.17) is 9.72 Å². The number of aliphatic hydroxyl groups is 1. The van der Waals surface area contributed by atoms with Gasteiger partial charge in [0.15, 0.2) is 0 Å². The van der Waals surface area contributed by atoms with E-state index in [1.807, 2.05) is 26.8 Å². The molecule has 214 valence electrons. The van der Waals surface area contributed by atoms with Gasteiger partial charge in [0, 0.05) is 0 Å². The first-order chi connectivity index (χ1) is 18.8. The number of benzene rings is 1. The second-order valence-electron chi connectivity index (χ2n) is 12.3.